The van der Waals surface area contributed by atoms with Gasteiger partial charge in [-0.15, -0.1) is 0 Å². The van der Waals surface area contributed by atoms with Crippen molar-refractivity contribution in [1.82, 2.24) is 9.78 Å². The van der Waals surface area contributed by atoms with Gasteiger partial charge < -0.3 is 9.31 Å². The van der Waals surface area contributed by atoms with Crippen LogP contribution in [0.15, 0.2) is 30.6 Å². The van der Waals surface area contributed by atoms with E-state index in [1.165, 1.54) is 23.0 Å². The lowest BCUT2D eigenvalue weighted by Crippen LogP contribution is -2.41. The average Bonchev–Trinajstić information content (AvgIpc) is 3.02. The van der Waals surface area contributed by atoms with Crippen LogP contribution in [0, 0.1) is 0 Å². The van der Waals surface area contributed by atoms with Crippen LogP contribution in [0.4, 0.5) is 13.2 Å². The molecule has 1 aliphatic heterocycles. The van der Waals surface area contributed by atoms with Crippen LogP contribution >= 0.6 is 11.6 Å². The maximum absolute atomic E-state index is 13.0. The Morgan fingerprint density at radius 3 is 2.28 bits per heavy atom. The summed E-state index contributed by atoms with van der Waals surface area (Å²) in [7, 11) is -0.631. The van der Waals surface area contributed by atoms with Gasteiger partial charge in [-0.3, -0.25) is 0 Å². The molecule has 1 aliphatic rings. The number of aromatic nitrogens is 2. The highest BCUT2D eigenvalue weighted by molar-refractivity contribution is 6.62. The Balaban J connectivity index is 1.91. The number of nitrogens with zero attached hydrogens (tertiary/aromatic N) is 2. The predicted octanol–water partition coefficient (Wildman–Crippen LogP) is 3.84. The van der Waals surface area contributed by atoms with Gasteiger partial charge in [0, 0.05) is 17.9 Å². The van der Waals surface area contributed by atoms with E-state index in [1.54, 1.807) is 6.20 Å². The standard InChI is InChI=1S/C16H17BClF3N2O2/c1-14(2)15(3,4)25-17(24-14)10-8-22-23(9-10)11-5-6-13(18)12(7-11)16(19,20)21/h5-9H,1-4H3. The maximum Gasteiger partial charge on any atom is 0.498 e. The van der Waals surface area contributed by atoms with Gasteiger partial charge in [0.05, 0.1) is 27.5 Å². The van der Waals surface area contributed by atoms with Crippen LogP contribution in [-0.4, -0.2) is 28.1 Å². The van der Waals surface area contributed by atoms with Crippen LogP contribution in [0.1, 0.15) is 33.3 Å². The van der Waals surface area contributed by atoms with Gasteiger partial charge in [-0.25, -0.2) is 4.68 Å². The second-order valence-corrected chi connectivity index (χ2v) is 7.38. The first-order chi connectivity index (χ1) is 11.4. The van der Waals surface area contributed by atoms with Crippen molar-refractivity contribution in [3.8, 4) is 5.69 Å². The fourth-order valence-corrected chi connectivity index (χ4v) is 2.68. The van der Waals surface area contributed by atoms with Gasteiger partial charge in [0.15, 0.2) is 0 Å². The van der Waals surface area contributed by atoms with E-state index >= 15 is 0 Å². The van der Waals surface area contributed by atoms with E-state index in [9.17, 15) is 13.2 Å². The summed E-state index contributed by atoms with van der Waals surface area (Å²) in [6.07, 6.45) is -1.43. The molecule has 1 aromatic carbocycles. The van der Waals surface area contributed by atoms with Crippen molar-refractivity contribution < 1.29 is 22.5 Å². The topological polar surface area (TPSA) is 36.3 Å². The lowest BCUT2D eigenvalue weighted by molar-refractivity contribution is -0.137. The molecule has 1 saturated heterocycles. The van der Waals surface area contributed by atoms with Crippen molar-refractivity contribution in [1.29, 1.82) is 0 Å². The summed E-state index contributed by atoms with van der Waals surface area (Å²) in [5.41, 5.74) is -1.05. The number of rotatable bonds is 2. The van der Waals surface area contributed by atoms with Crippen molar-refractivity contribution in [2.45, 2.75) is 45.1 Å². The van der Waals surface area contributed by atoms with E-state index in [0.29, 0.717) is 5.46 Å². The first-order valence-corrected chi connectivity index (χ1v) is 8.06. The Kier molecular flexibility index (Phi) is 4.21. The Hall–Kier alpha value is -1.51. The highest BCUT2D eigenvalue weighted by atomic mass is 35.5. The molecule has 0 saturated carbocycles. The van der Waals surface area contributed by atoms with Crippen LogP contribution in [0.25, 0.3) is 5.69 Å². The molecule has 9 heteroatoms. The molecule has 0 amide bonds. The zero-order valence-corrected chi connectivity index (χ0v) is 14.9. The molecule has 4 nitrogen and oxygen atoms in total. The van der Waals surface area contributed by atoms with Crippen LogP contribution in [-0.2, 0) is 15.5 Å². The number of halogens is 4. The molecule has 25 heavy (non-hydrogen) atoms. The number of benzene rings is 1. The van der Waals surface area contributed by atoms with E-state index < -0.39 is 30.1 Å². The molecule has 0 bridgehead atoms. The molecule has 0 spiro atoms. The van der Waals surface area contributed by atoms with Crippen molar-refractivity contribution in [2.24, 2.45) is 0 Å². The third kappa shape index (κ3) is 3.30. The third-order valence-electron chi connectivity index (χ3n) is 4.65. The van der Waals surface area contributed by atoms with Gasteiger partial charge in [0.2, 0.25) is 0 Å². The summed E-state index contributed by atoms with van der Waals surface area (Å²) in [6.45, 7) is 7.69. The minimum Gasteiger partial charge on any atom is -0.399 e. The zero-order chi connectivity index (χ0) is 18.6. The Labute approximate surface area is 149 Å². The molecule has 3 rings (SSSR count). The fraction of sp³-hybridized carbons (Fsp3) is 0.438. The molecule has 0 N–H and O–H groups in total. The van der Waals surface area contributed by atoms with Crippen LogP contribution < -0.4 is 5.46 Å². The van der Waals surface area contributed by atoms with Crippen LogP contribution in [0.3, 0.4) is 0 Å². The molecular weight excluding hydrogens is 355 g/mol. The Morgan fingerprint density at radius 2 is 1.72 bits per heavy atom. The minimum atomic E-state index is -4.53. The molecule has 2 heterocycles. The van der Waals surface area contributed by atoms with Gasteiger partial charge >= 0.3 is 13.3 Å². The van der Waals surface area contributed by atoms with E-state index in [-0.39, 0.29) is 10.7 Å². The summed E-state index contributed by atoms with van der Waals surface area (Å²) in [5, 5.41) is 3.77. The van der Waals surface area contributed by atoms with Crippen molar-refractivity contribution in [2.75, 3.05) is 0 Å². The SMILES string of the molecule is CC1(C)OB(c2cnn(-c3ccc(Cl)c(C(F)(F)F)c3)c2)OC1(C)C. The average molecular weight is 373 g/mol. The normalized spacial score (nSPS) is 19.4. The lowest BCUT2D eigenvalue weighted by atomic mass is 9.82. The molecule has 0 unspecified atom stereocenters. The number of alkyl halides is 3. The highest BCUT2D eigenvalue weighted by Crippen LogP contribution is 2.37. The first kappa shape index (κ1) is 18.3. The maximum atomic E-state index is 13.0. The summed E-state index contributed by atoms with van der Waals surface area (Å²) >= 11 is 5.65. The van der Waals surface area contributed by atoms with Gasteiger partial charge in [-0.1, -0.05) is 11.6 Å². The molecule has 0 atom stereocenters. The molecule has 134 valence electrons. The second-order valence-electron chi connectivity index (χ2n) is 6.97. The van der Waals surface area contributed by atoms with Gasteiger partial charge in [0.1, 0.15) is 0 Å². The number of hydrogen-bond acceptors (Lipinski definition) is 3. The zero-order valence-electron chi connectivity index (χ0n) is 14.2. The summed E-state index contributed by atoms with van der Waals surface area (Å²) in [5.74, 6) is 0. The first-order valence-electron chi connectivity index (χ1n) is 7.68. The third-order valence-corrected chi connectivity index (χ3v) is 4.98. The molecule has 2 aromatic rings. The van der Waals surface area contributed by atoms with Gasteiger partial charge in [0.25, 0.3) is 0 Å². The van der Waals surface area contributed by atoms with E-state index in [1.807, 2.05) is 27.7 Å². The van der Waals surface area contributed by atoms with Crippen LogP contribution in [0.5, 0.6) is 0 Å². The van der Waals surface area contributed by atoms with Crippen molar-refractivity contribution >= 4 is 24.2 Å². The molecule has 1 fully saturated rings. The predicted molar refractivity (Wildman–Crippen MR) is 89.3 cm³/mol. The Morgan fingerprint density at radius 1 is 1.12 bits per heavy atom. The van der Waals surface area contributed by atoms with Crippen LogP contribution in [0.2, 0.25) is 5.02 Å². The smallest absolute Gasteiger partial charge is 0.399 e. The van der Waals surface area contributed by atoms with E-state index in [0.717, 1.165) is 6.07 Å². The largest absolute Gasteiger partial charge is 0.498 e. The number of hydrogen-bond donors (Lipinski definition) is 0. The monoisotopic (exact) mass is 372 g/mol. The van der Waals surface area contributed by atoms with E-state index in [4.69, 9.17) is 20.9 Å². The highest BCUT2D eigenvalue weighted by Gasteiger charge is 2.52. The molecule has 0 aliphatic carbocycles. The van der Waals surface area contributed by atoms with E-state index in [2.05, 4.69) is 5.10 Å². The van der Waals surface area contributed by atoms with Crippen molar-refractivity contribution in [3.05, 3.63) is 41.2 Å². The second kappa shape index (κ2) is 5.76. The fourth-order valence-electron chi connectivity index (χ4n) is 2.45. The van der Waals surface area contributed by atoms with Gasteiger partial charge in [-0.05, 0) is 45.9 Å². The molecular formula is C16H17BClF3N2O2. The molecule has 0 radical (unpaired) electrons. The quantitative estimate of drug-likeness (QED) is 0.752. The Bertz CT molecular complexity index is 789. The molecule has 1 aromatic heterocycles. The van der Waals surface area contributed by atoms with Crippen molar-refractivity contribution in [3.63, 3.8) is 0 Å². The minimum absolute atomic E-state index is 0.250. The summed E-state index contributed by atoms with van der Waals surface area (Å²) < 4.78 is 52.2. The summed E-state index contributed by atoms with van der Waals surface area (Å²) in [6, 6.07) is 3.64. The lowest BCUT2D eigenvalue weighted by Gasteiger charge is -2.32. The summed E-state index contributed by atoms with van der Waals surface area (Å²) in [4.78, 5) is 0. The van der Waals surface area contributed by atoms with Gasteiger partial charge in [-0.2, -0.15) is 18.3 Å².